The number of hydrogen-bond donors (Lipinski definition) is 1. The topological polar surface area (TPSA) is 30.5 Å². The maximum Gasteiger partial charge on any atom is 0.163 e. The van der Waals surface area contributed by atoms with E-state index in [-0.39, 0.29) is 0 Å². The van der Waals surface area contributed by atoms with Crippen LogP contribution in [0.2, 0.25) is 5.02 Å². The molecule has 1 aliphatic heterocycles. The summed E-state index contributed by atoms with van der Waals surface area (Å²) in [5, 5.41) is 4.30. The summed E-state index contributed by atoms with van der Waals surface area (Å²) in [6.07, 6.45) is 8.53. The van der Waals surface area contributed by atoms with Crippen LogP contribution in [0.15, 0.2) is 12.1 Å². The second-order valence-corrected chi connectivity index (χ2v) is 6.52. The van der Waals surface area contributed by atoms with Crippen LogP contribution >= 0.6 is 11.6 Å². The predicted molar refractivity (Wildman–Crippen MR) is 85.6 cm³/mol. The molecule has 3 nitrogen and oxygen atoms in total. The van der Waals surface area contributed by atoms with E-state index in [1.165, 1.54) is 25.7 Å². The maximum atomic E-state index is 6.46. The van der Waals surface area contributed by atoms with E-state index in [0.717, 1.165) is 47.9 Å². The van der Waals surface area contributed by atoms with Crippen LogP contribution in [0.3, 0.4) is 0 Å². The molecular weight excluding hydrogens is 286 g/mol. The fourth-order valence-electron chi connectivity index (χ4n) is 3.37. The Morgan fingerprint density at radius 2 is 1.95 bits per heavy atom. The van der Waals surface area contributed by atoms with E-state index in [4.69, 9.17) is 21.1 Å². The van der Waals surface area contributed by atoms with Gasteiger partial charge in [0.25, 0.3) is 0 Å². The zero-order valence-electron chi connectivity index (χ0n) is 12.7. The van der Waals surface area contributed by atoms with Crippen LogP contribution < -0.4 is 14.8 Å². The van der Waals surface area contributed by atoms with Crippen molar-refractivity contribution in [2.45, 2.75) is 57.1 Å². The van der Waals surface area contributed by atoms with E-state index in [1.54, 1.807) is 7.11 Å². The normalized spacial score (nSPS) is 22.7. The van der Waals surface area contributed by atoms with Crippen LogP contribution in [0, 0.1) is 0 Å². The first kappa shape index (κ1) is 15.0. The summed E-state index contributed by atoms with van der Waals surface area (Å²) in [5.41, 5.74) is 1.15. The van der Waals surface area contributed by atoms with Gasteiger partial charge in [0.1, 0.15) is 0 Å². The zero-order valence-corrected chi connectivity index (χ0v) is 13.4. The monoisotopic (exact) mass is 309 g/mol. The molecule has 1 heterocycles. The van der Waals surface area contributed by atoms with Crippen molar-refractivity contribution in [2.24, 2.45) is 0 Å². The lowest BCUT2D eigenvalue weighted by Gasteiger charge is -2.18. The molecule has 1 N–H and O–H groups in total. The summed E-state index contributed by atoms with van der Waals surface area (Å²) < 4.78 is 11.6. The standard InChI is InChI=1S/C17H24ClNO2/c1-20-16-10-12(9-13-5-4-8-19-13)15(18)11-17(16)21-14-6-2-3-7-14/h10-11,13-14,19H,2-9H2,1H3. The lowest BCUT2D eigenvalue weighted by Crippen LogP contribution is -2.23. The molecule has 0 bridgehead atoms. The van der Waals surface area contributed by atoms with Gasteiger partial charge in [-0.25, -0.2) is 0 Å². The second-order valence-electron chi connectivity index (χ2n) is 6.12. The Kier molecular flexibility index (Phi) is 4.91. The number of rotatable bonds is 5. The van der Waals surface area contributed by atoms with Gasteiger partial charge < -0.3 is 14.8 Å². The first-order chi connectivity index (χ1) is 10.3. The van der Waals surface area contributed by atoms with Gasteiger partial charge in [-0.05, 0) is 63.1 Å². The Morgan fingerprint density at radius 3 is 2.62 bits per heavy atom. The molecule has 1 aromatic carbocycles. The van der Waals surface area contributed by atoms with Crippen molar-refractivity contribution in [1.82, 2.24) is 5.32 Å². The highest BCUT2D eigenvalue weighted by atomic mass is 35.5. The SMILES string of the molecule is COc1cc(CC2CCCN2)c(Cl)cc1OC1CCCC1. The maximum absolute atomic E-state index is 6.46. The molecule has 1 saturated heterocycles. The zero-order chi connectivity index (χ0) is 14.7. The quantitative estimate of drug-likeness (QED) is 0.893. The molecule has 1 aromatic rings. The Bertz CT molecular complexity index is 480. The van der Waals surface area contributed by atoms with E-state index < -0.39 is 0 Å². The highest BCUT2D eigenvalue weighted by Gasteiger charge is 2.21. The summed E-state index contributed by atoms with van der Waals surface area (Å²) in [6.45, 7) is 1.11. The largest absolute Gasteiger partial charge is 0.493 e. The van der Waals surface area contributed by atoms with E-state index in [2.05, 4.69) is 5.32 Å². The first-order valence-electron chi connectivity index (χ1n) is 8.02. The number of ether oxygens (including phenoxy) is 2. The molecule has 0 spiro atoms. The van der Waals surface area contributed by atoms with Crippen LogP contribution in [0.1, 0.15) is 44.1 Å². The summed E-state index contributed by atoms with van der Waals surface area (Å²) in [7, 11) is 1.70. The van der Waals surface area contributed by atoms with Crippen LogP contribution in [-0.2, 0) is 6.42 Å². The molecule has 0 amide bonds. The van der Waals surface area contributed by atoms with Crippen molar-refractivity contribution >= 4 is 11.6 Å². The molecule has 2 aliphatic rings. The first-order valence-corrected chi connectivity index (χ1v) is 8.40. The van der Waals surface area contributed by atoms with Crippen molar-refractivity contribution in [3.05, 3.63) is 22.7 Å². The van der Waals surface area contributed by atoms with Crippen molar-refractivity contribution < 1.29 is 9.47 Å². The molecule has 4 heteroatoms. The van der Waals surface area contributed by atoms with Crippen LogP contribution in [-0.4, -0.2) is 25.8 Å². The van der Waals surface area contributed by atoms with Crippen molar-refractivity contribution in [2.75, 3.05) is 13.7 Å². The molecule has 1 atom stereocenters. The van der Waals surface area contributed by atoms with Gasteiger partial charge in [-0.2, -0.15) is 0 Å². The minimum absolute atomic E-state index is 0.317. The lowest BCUT2D eigenvalue weighted by atomic mass is 10.0. The van der Waals surface area contributed by atoms with Crippen LogP contribution in [0.4, 0.5) is 0 Å². The van der Waals surface area contributed by atoms with Gasteiger partial charge in [0.05, 0.1) is 13.2 Å². The van der Waals surface area contributed by atoms with Gasteiger partial charge in [-0.3, -0.25) is 0 Å². The third kappa shape index (κ3) is 3.64. The Labute approximate surface area is 132 Å². The number of hydrogen-bond acceptors (Lipinski definition) is 3. The number of benzene rings is 1. The fraction of sp³-hybridized carbons (Fsp3) is 0.647. The van der Waals surface area contributed by atoms with Crippen LogP contribution in [0.25, 0.3) is 0 Å². The van der Waals surface area contributed by atoms with E-state index in [9.17, 15) is 0 Å². The highest BCUT2D eigenvalue weighted by molar-refractivity contribution is 6.31. The summed E-state index contributed by atoms with van der Waals surface area (Å²) in [4.78, 5) is 0. The van der Waals surface area contributed by atoms with Crippen LogP contribution in [0.5, 0.6) is 11.5 Å². The van der Waals surface area contributed by atoms with Crippen molar-refractivity contribution in [3.63, 3.8) is 0 Å². The van der Waals surface area contributed by atoms with E-state index >= 15 is 0 Å². The van der Waals surface area contributed by atoms with Gasteiger partial charge in [0.2, 0.25) is 0 Å². The second kappa shape index (κ2) is 6.89. The minimum atomic E-state index is 0.317. The average molecular weight is 310 g/mol. The third-order valence-corrected chi connectivity index (χ3v) is 4.91. The smallest absolute Gasteiger partial charge is 0.163 e. The molecule has 1 saturated carbocycles. The van der Waals surface area contributed by atoms with E-state index in [0.29, 0.717) is 12.1 Å². The molecule has 0 aromatic heterocycles. The summed E-state index contributed by atoms with van der Waals surface area (Å²) in [5.74, 6) is 1.59. The molecule has 2 fully saturated rings. The predicted octanol–water partition coefficient (Wildman–Crippen LogP) is 3.96. The molecule has 116 valence electrons. The Hall–Kier alpha value is -0.930. The number of halogens is 1. The average Bonchev–Trinajstić information content (AvgIpc) is 3.15. The molecule has 0 radical (unpaired) electrons. The van der Waals surface area contributed by atoms with Gasteiger partial charge in [-0.1, -0.05) is 11.6 Å². The fourth-order valence-corrected chi connectivity index (χ4v) is 3.60. The Balaban J connectivity index is 1.76. The number of nitrogens with one attached hydrogen (secondary N) is 1. The van der Waals surface area contributed by atoms with Gasteiger partial charge in [0.15, 0.2) is 11.5 Å². The van der Waals surface area contributed by atoms with Crippen molar-refractivity contribution in [1.29, 1.82) is 0 Å². The molecule has 3 rings (SSSR count). The van der Waals surface area contributed by atoms with Crippen molar-refractivity contribution in [3.8, 4) is 11.5 Å². The molecule has 21 heavy (non-hydrogen) atoms. The summed E-state index contributed by atoms with van der Waals surface area (Å²) in [6, 6.07) is 4.52. The third-order valence-electron chi connectivity index (χ3n) is 4.56. The Morgan fingerprint density at radius 1 is 1.14 bits per heavy atom. The molecule has 1 unspecified atom stereocenters. The van der Waals surface area contributed by atoms with Gasteiger partial charge >= 0.3 is 0 Å². The van der Waals surface area contributed by atoms with Gasteiger partial charge in [0, 0.05) is 17.1 Å². The molecular formula is C17H24ClNO2. The van der Waals surface area contributed by atoms with Gasteiger partial charge in [-0.15, -0.1) is 0 Å². The van der Waals surface area contributed by atoms with E-state index in [1.807, 2.05) is 12.1 Å². The number of methoxy groups -OCH3 is 1. The molecule has 1 aliphatic carbocycles. The highest BCUT2D eigenvalue weighted by Crippen LogP contribution is 2.36. The minimum Gasteiger partial charge on any atom is -0.493 e. The lowest BCUT2D eigenvalue weighted by molar-refractivity contribution is 0.200. The summed E-state index contributed by atoms with van der Waals surface area (Å²) >= 11 is 6.46.